The summed E-state index contributed by atoms with van der Waals surface area (Å²) in [5.41, 5.74) is 0.621. The van der Waals surface area contributed by atoms with Gasteiger partial charge in [0, 0.05) is 30.8 Å². The summed E-state index contributed by atoms with van der Waals surface area (Å²) in [4.78, 5) is 15.2. The topological polar surface area (TPSA) is 152 Å². The minimum atomic E-state index is -3.97. The first-order chi connectivity index (χ1) is 21.3. The summed E-state index contributed by atoms with van der Waals surface area (Å²) in [6.45, 7) is 3.46. The number of aliphatic hydroxyl groups is 1. The van der Waals surface area contributed by atoms with Gasteiger partial charge in [0.15, 0.2) is 0 Å². The van der Waals surface area contributed by atoms with E-state index < -0.39 is 32.2 Å². The molecule has 0 spiro atoms. The lowest BCUT2D eigenvalue weighted by atomic mass is 10.0. The van der Waals surface area contributed by atoms with E-state index in [1.54, 1.807) is 30.0 Å². The smallest absolute Gasteiger partial charge is 0.261 e. The number of hydrogen-bond acceptors (Lipinski definition) is 9. The van der Waals surface area contributed by atoms with E-state index >= 15 is 0 Å². The van der Waals surface area contributed by atoms with Crippen molar-refractivity contribution in [3.8, 4) is 17.2 Å². The molecule has 0 unspecified atom stereocenters. The Balaban J connectivity index is 1.66. The highest BCUT2D eigenvalue weighted by atomic mass is 32.2. The third-order valence-electron chi connectivity index (χ3n) is 7.74. The van der Waals surface area contributed by atoms with Crippen molar-refractivity contribution in [1.29, 1.82) is 0 Å². The Morgan fingerprint density at radius 2 is 1.56 bits per heavy atom. The van der Waals surface area contributed by atoms with E-state index in [9.17, 15) is 26.7 Å². The van der Waals surface area contributed by atoms with Gasteiger partial charge in [-0.25, -0.2) is 16.8 Å². The van der Waals surface area contributed by atoms with Crippen molar-refractivity contribution >= 4 is 31.6 Å². The standard InChI is InChI=1S/C31H39N3O9S2/c1-21-18-34(22(2)20-35)31(36)17-23-16-24(32-44(37,38)27-11-7-25(41-4)8-12-27)6-15-29(23)43-30(21)19-33(3)45(39,40)28-13-9-26(42-5)10-14-28/h6-16,21-22,30,32,35H,17-20H2,1-5H3/t21-,22-,30+/m1/s1. The highest BCUT2D eigenvalue weighted by molar-refractivity contribution is 7.92. The lowest BCUT2D eigenvalue weighted by Crippen LogP contribution is -2.48. The molecule has 1 heterocycles. The number of carbonyl (C=O) groups excluding carboxylic acids is 1. The van der Waals surface area contributed by atoms with Crippen LogP contribution in [0.25, 0.3) is 0 Å². The number of likely N-dealkylation sites (N-methyl/N-ethyl adjacent to an activating group) is 1. The van der Waals surface area contributed by atoms with Crippen LogP contribution in [-0.2, 0) is 31.3 Å². The number of ether oxygens (including phenoxy) is 3. The summed E-state index contributed by atoms with van der Waals surface area (Å²) in [5, 5.41) is 9.91. The van der Waals surface area contributed by atoms with Gasteiger partial charge in [0.1, 0.15) is 23.4 Å². The van der Waals surface area contributed by atoms with Crippen molar-refractivity contribution < 1.29 is 40.9 Å². The van der Waals surface area contributed by atoms with E-state index in [1.807, 2.05) is 6.92 Å². The maximum Gasteiger partial charge on any atom is 0.261 e. The molecule has 2 N–H and O–H groups in total. The molecule has 1 aliphatic heterocycles. The Labute approximate surface area is 264 Å². The van der Waals surface area contributed by atoms with Crippen molar-refractivity contribution in [2.45, 2.75) is 42.2 Å². The Hall–Kier alpha value is -3.85. The fourth-order valence-electron chi connectivity index (χ4n) is 4.96. The highest BCUT2D eigenvalue weighted by Gasteiger charge is 2.33. The van der Waals surface area contributed by atoms with Gasteiger partial charge in [0.05, 0.1) is 49.6 Å². The molecule has 0 saturated carbocycles. The monoisotopic (exact) mass is 661 g/mol. The van der Waals surface area contributed by atoms with Crippen LogP contribution in [0.4, 0.5) is 5.69 Å². The average molecular weight is 662 g/mol. The van der Waals surface area contributed by atoms with E-state index in [1.165, 1.54) is 74.1 Å². The van der Waals surface area contributed by atoms with Gasteiger partial charge in [-0.2, -0.15) is 4.31 Å². The molecule has 3 aromatic carbocycles. The van der Waals surface area contributed by atoms with Crippen LogP contribution in [0, 0.1) is 5.92 Å². The summed E-state index contributed by atoms with van der Waals surface area (Å²) in [6.07, 6.45) is -0.833. The van der Waals surface area contributed by atoms with E-state index in [2.05, 4.69) is 4.72 Å². The molecule has 244 valence electrons. The van der Waals surface area contributed by atoms with Gasteiger partial charge in [-0.15, -0.1) is 0 Å². The molecule has 0 radical (unpaired) electrons. The molecule has 0 fully saturated rings. The maximum atomic E-state index is 13.5. The molecule has 3 aromatic rings. The molecule has 12 nitrogen and oxygen atoms in total. The lowest BCUT2D eigenvalue weighted by molar-refractivity contribution is -0.134. The molecule has 4 rings (SSSR count). The van der Waals surface area contributed by atoms with Crippen molar-refractivity contribution in [2.24, 2.45) is 5.92 Å². The third-order valence-corrected chi connectivity index (χ3v) is 11.0. The number of benzene rings is 3. The minimum Gasteiger partial charge on any atom is -0.497 e. The molecule has 0 aromatic heterocycles. The summed E-state index contributed by atoms with van der Waals surface area (Å²) in [5.74, 6) is 0.713. The molecule has 14 heteroatoms. The highest BCUT2D eigenvalue weighted by Crippen LogP contribution is 2.31. The molecular formula is C31H39N3O9S2. The van der Waals surface area contributed by atoms with Crippen molar-refractivity contribution in [2.75, 3.05) is 45.7 Å². The first-order valence-electron chi connectivity index (χ1n) is 14.3. The average Bonchev–Trinajstić information content (AvgIpc) is 3.07. The Kier molecular flexibility index (Phi) is 10.6. The molecule has 0 saturated heterocycles. The van der Waals surface area contributed by atoms with Crippen molar-refractivity contribution in [3.63, 3.8) is 0 Å². The van der Waals surface area contributed by atoms with Crippen LogP contribution in [0.15, 0.2) is 76.5 Å². The normalized spacial score (nSPS) is 18.2. The number of amides is 1. The number of anilines is 1. The Bertz CT molecular complexity index is 1700. The Morgan fingerprint density at radius 1 is 0.978 bits per heavy atom. The summed E-state index contributed by atoms with van der Waals surface area (Å²) >= 11 is 0. The quantitative estimate of drug-likeness (QED) is 0.316. The van der Waals surface area contributed by atoms with Crippen molar-refractivity contribution in [1.82, 2.24) is 9.21 Å². The third kappa shape index (κ3) is 7.87. The molecule has 3 atom stereocenters. The largest absolute Gasteiger partial charge is 0.497 e. The van der Waals surface area contributed by atoms with Gasteiger partial charge in [-0.1, -0.05) is 6.92 Å². The van der Waals surface area contributed by atoms with E-state index in [0.29, 0.717) is 22.8 Å². The zero-order valence-corrected chi connectivity index (χ0v) is 27.5. The molecular weight excluding hydrogens is 622 g/mol. The Morgan fingerprint density at radius 3 is 2.11 bits per heavy atom. The molecule has 1 amide bonds. The van der Waals surface area contributed by atoms with Gasteiger partial charge in [-0.05, 0) is 73.7 Å². The van der Waals surface area contributed by atoms with Crippen LogP contribution in [0.2, 0.25) is 0 Å². The predicted octanol–water partition coefficient (Wildman–Crippen LogP) is 2.97. The van der Waals surface area contributed by atoms with Crippen LogP contribution in [0.1, 0.15) is 19.4 Å². The van der Waals surface area contributed by atoms with Crippen LogP contribution >= 0.6 is 0 Å². The molecule has 0 bridgehead atoms. The summed E-state index contributed by atoms with van der Waals surface area (Å²) in [7, 11) is -3.44. The lowest BCUT2D eigenvalue weighted by Gasteiger charge is -2.33. The van der Waals surface area contributed by atoms with Crippen LogP contribution in [0.3, 0.4) is 0 Å². The fraction of sp³-hybridized carbons (Fsp3) is 0.387. The maximum absolute atomic E-state index is 13.5. The number of nitrogens with one attached hydrogen (secondary N) is 1. The van der Waals surface area contributed by atoms with Crippen LogP contribution < -0.4 is 18.9 Å². The van der Waals surface area contributed by atoms with Gasteiger partial charge >= 0.3 is 0 Å². The zero-order valence-electron chi connectivity index (χ0n) is 25.8. The first kappa shape index (κ1) is 34.0. The number of hydrogen-bond donors (Lipinski definition) is 2. The molecule has 45 heavy (non-hydrogen) atoms. The first-order valence-corrected chi connectivity index (χ1v) is 17.2. The number of carbonyl (C=O) groups is 1. The van der Waals surface area contributed by atoms with Gasteiger partial charge in [0.25, 0.3) is 10.0 Å². The van der Waals surface area contributed by atoms with Gasteiger partial charge < -0.3 is 24.2 Å². The summed E-state index contributed by atoms with van der Waals surface area (Å²) < 4.78 is 73.5. The number of aliphatic hydroxyl groups excluding tert-OH is 1. The fourth-order valence-corrected chi connectivity index (χ4v) is 7.19. The van der Waals surface area contributed by atoms with Gasteiger partial charge in [-0.3, -0.25) is 9.52 Å². The molecule has 0 aliphatic carbocycles. The number of fused-ring (bicyclic) bond motifs is 1. The summed E-state index contributed by atoms with van der Waals surface area (Å²) in [6, 6.07) is 16.1. The van der Waals surface area contributed by atoms with Gasteiger partial charge in [0.2, 0.25) is 15.9 Å². The number of sulfonamides is 2. The van der Waals surface area contributed by atoms with E-state index in [-0.39, 0.29) is 53.4 Å². The van der Waals surface area contributed by atoms with Crippen molar-refractivity contribution in [3.05, 3.63) is 72.3 Å². The SMILES string of the molecule is COc1ccc(S(=O)(=O)Nc2ccc3c(c2)CC(=O)N([C@H](C)CO)C[C@@H](C)[C@H](CN(C)S(=O)(=O)c2ccc(OC)cc2)O3)cc1. The number of nitrogens with zero attached hydrogens (tertiary/aromatic N) is 2. The second-order valence-corrected chi connectivity index (χ2v) is 14.7. The van der Waals surface area contributed by atoms with Crippen LogP contribution in [0.5, 0.6) is 17.2 Å². The number of rotatable bonds is 11. The van der Waals surface area contributed by atoms with E-state index in [4.69, 9.17) is 14.2 Å². The molecule has 1 aliphatic rings. The second kappa shape index (κ2) is 14.1. The number of methoxy groups -OCH3 is 2. The zero-order chi connectivity index (χ0) is 32.9. The van der Waals surface area contributed by atoms with E-state index in [0.717, 1.165) is 0 Å². The van der Waals surface area contributed by atoms with Crippen LogP contribution in [-0.4, -0.2) is 90.2 Å². The minimum absolute atomic E-state index is 0.0251. The second-order valence-electron chi connectivity index (χ2n) is 11.0. The predicted molar refractivity (Wildman–Crippen MR) is 169 cm³/mol.